The lowest BCUT2D eigenvalue weighted by atomic mass is 9.97. The number of hydrogen-bond donors (Lipinski definition) is 2. The molecule has 2 aromatic heterocycles. The number of carbonyl (C=O) groups is 2. The van der Waals surface area contributed by atoms with Crippen molar-refractivity contribution >= 4 is 28.9 Å². The fourth-order valence-corrected chi connectivity index (χ4v) is 3.72. The zero-order valence-electron chi connectivity index (χ0n) is 23.3. The van der Waals surface area contributed by atoms with Gasteiger partial charge in [-0.05, 0) is 47.2 Å². The molecule has 0 atom stereocenters. The zero-order valence-corrected chi connectivity index (χ0v) is 23.3. The highest BCUT2D eigenvalue weighted by atomic mass is 16.4. The van der Waals surface area contributed by atoms with E-state index in [1.807, 2.05) is 63.3 Å². The normalized spacial score (nSPS) is 11.1. The molecule has 0 saturated heterocycles. The first kappa shape index (κ1) is 31.3. The molecule has 0 fully saturated rings. The van der Waals surface area contributed by atoms with Crippen LogP contribution in [0.3, 0.4) is 0 Å². The number of ketones is 1. The molecule has 198 valence electrons. The van der Waals surface area contributed by atoms with Gasteiger partial charge in [0.15, 0.2) is 5.78 Å². The van der Waals surface area contributed by atoms with Crippen LogP contribution in [0.25, 0.3) is 28.2 Å². The molecule has 0 amide bonds. The number of aromatic amines is 1. The average Bonchev–Trinajstić information content (AvgIpc) is 3.28. The van der Waals surface area contributed by atoms with Crippen molar-refractivity contribution in [2.75, 3.05) is 27.2 Å². The average molecular weight is 505 g/mol. The summed E-state index contributed by atoms with van der Waals surface area (Å²) in [5.74, 6) is 1.25. The molecule has 2 N–H and O–H groups in total. The summed E-state index contributed by atoms with van der Waals surface area (Å²) in [6.07, 6.45) is 10.7. The predicted molar refractivity (Wildman–Crippen MR) is 153 cm³/mol. The molecule has 7 nitrogen and oxygen atoms in total. The Morgan fingerprint density at radius 3 is 2.41 bits per heavy atom. The maximum Gasteiger partial charge on any atom is 0.328 e. The maximum atomic E-state index is 13.2. The molecule has 37 heavy (non-hydrogen) atoms. The first-order valence-corrected chi connectivity index (χ1v) is 12.3. The van der Waals surface area contributed by atoms with Crippen molar-refractivity contribution in [1.29, 1.82) is 0 Å². The molecule has 0 radical (unpaired) electrons. The molecule has 0 bridgehead atoms. The van der Waals surface area contributed by atoms with Gasteiger partial charge in [0.25, 0.3) is 0 Å². The monoisotopic (exact) mass is 504 g/mol. The number of likely N-dealkylation sites (N-methyl/N-ethyl adjacent to an activating group) is 1. The number of aromatic nitrogens is 2. The van der Waals surface area contributed by atoms with E-state index in [2.05, 4.69) is 48.1 Å². The Morgan fingerprint density at radius 2 is 1.81 bits per heavy atom. The Morgan fingerprint density at radius 1 is 1.16 bits per heavy atom. The standard InChI is InChI=1S/C25H30N4O3.C3H4.C2H6/c1-25(2,3)16-29(5)28(4)15-21(30)20-14-27-24-23(20)19(11-12-26-24)18-8-6-7-17(13-18)9-10-22(31)32;1-3-2;1-2/h6-14H,15-16H2,1-5H3,(H,26,27)(H,31,32);1H,2H3;1-2H3/b10-9+;;. The lowest BCUT2D eigenvalue weighted by Crippen LogP contribution is -2.43. The number of aliphatic carboxylic acids is 1. The molecule has 0 aliphatic heterocycles. The summed E-state index contributed by atoms with van der Waals surface area (Å²) in [5, 5.41) is 13.7. The van der Waals surface area contributed by atoms with E-state index < -0.39 is 5.97 Å². The number of hydrogen-bond acceptors (Lipinski definition) is 5. The van der Waals surface area contributed by atoms with Crippen LogP contribution in [0.1, 0.15) is 57.5 Å². The van der Waals surface area contributed by atoms with Gasteiger partial charge in [0, 0.05) is 50.1 Å². The van der Waals surface area contributed by atoms with E-state index in [0.29, 0.717) is 11.2 Å². The SMILES string of the molecule is C#CC.CC.CN(CC(=O)c1c[nH]c2nccc(-c3cccc(/C=C/C(=O)O)c3)c12)N(C)CC(C)(C)C. The van der Waals surface area contributed by atoms with Gasteiger partial charge < -0.3 is 10.1 Å². The number of hydrazine groups is 1. The van der Waals surface area contributed by atoms with Crippen LogP contribution in [0, 0.1) is 17.8 Å². The van der Waals surface area contributed by atoms with E-state index in [9.17, 15) is 9.59 Å². The number of H-pyrrole nitrogens is 1. The number of pyridine rings is 1. The number of rotatable bonds is 8. The van der Waals surface area contributed by atoms with Crippen molar-refractivity contribution in [3.05, 3.63) is 59.9 Å². The van der Waals surface area contributed by atoms with Crippen LogP contribution < -0.4 is 0 Å². The molecular formula is C30H40N4O3. The third-order valence-electron chi connectivity index (χ3n) is 5.15. The van der Waals surface area contributed by atoms with E-state index >= 15 is 0 Å². The molecule has 0 unspecified atom stereocenters. The van der Waals surface area contributed by atoms with E-state index in [0.717, 1.165) is 34.7 Å². The van der Waals surface area contributed by atoms with Gasteiger partial charge in [-0.2, -0.15) is 0 Å². The number of carboxylic acid groups (broad SMARTS) is 1. The van der Waals surface area contributed by atoms with Crippen molar-refractivity contribution in [1.82, 2.24) is 20.0 Å². The quantitative estimate of drug-likeness (QED) is 0.169. The summed E-state index contributed by atoms with van der Waals surface area (Å²) < 4.78 is 0. The summed E-state index contributed by atoms with van der Waals surface area (Å²) in [4.78, 5) is 31.6. The number of nitrogens with zero attached hydrogens (tertiary/aromatic N) is 3. The fourth-order valence-electron chi connectivity index (χ4n) is 3.72. The molecule has 3 aromatic rings. The molecule has 0 aliphatic carbocycles. The molecule has 7 heteroatoms. The minimum atomic E-state index is -0.999. The molecule has 0 aliphatic rings. The van der Waals surface area contributed by atoms with Gasteiger partial charge in [0.1, 0.15) is 5.65 Å². The number of Topliss-reactive ketones (excluding diaryl/α,β-unsaturated/α-hetero) is 1. The minimum Gasteiger partial charge on any atom is -0.478 e. The minimum absolute atomic E-state index is 0.00399. The Hall–Kier alpha value is -3.73. The Balaban J connectivity index is 0.00000127. The number of carbonyl (C=O) groups excluding carboxylic acids is 1. The highest BCUT2D eigenvalue weighted by Gasteiger charge is 2.21. The Bertz CT molecular complexity index is 1250. The summed E-state index contributed by atoms with van der Waals surface area (Å²) in [5.41, 5.74) is 3.87. The molecule has 2 heterocycles. The van der Waals surface area contributed by atoms with Crippen LogP contribution in [0.15, 0.2) is 48.8 Å². The Labute approximate surface area is 221 Å². The second kappa shape index (κ2) is 14.7. The maximum absolute atomic E-state index is 13.2. The summed E-state index contributed by atoms with van der Waals surface area (Å²) >= 11 is 0. The summed E-state index contributed by atoms with van der Waals surface area (Å²) in [6.45, 7) is 13.2. The number of benzene rings is 1. The molecular weight excluding hydrogens is 464 g/mol. The van der Waals surface area contributed by atoms with Crippen LogP contribution in [0.5, 0.6) is 0 Å². The van der Waals surface area contributed by atoms with Crippen LogP contribution in [0.2, 0.25) is 0 Å². The second-order valence-electron chi connectivity index (χ2n) is 9.49. The summed E-state index contributed by atoms with van der Waals surface area (Å²) in [6, 6.07) is 9.43. The third-order valence-corrected chi connectivity index (χ3v) is 5.15. The van der Waals surface area contributed by atoms with Gasteiger partial charge in [0.2, 0.25) is 0 Å². The second-order valence-corrected chi connectivity index (χ2v) is 9.49. The largest absolute Gasteiger partial charge is 0.478 e. The van der Waals surface area contributed by atoms with Gasteiger partial charge in [-0.25, -0.2) is 19.8 Å². The van der Waals surface area contributed by atoms with Crippen LogP contribution in [-0.4, -0.2) is 64.0 Å². The molecule has 0 saturated carbocycles. The molecule has 3 rings (SSSR count). The molecule has 1 aromatic carbocycles. The lowest BCUT2D eigenvalue weighted by molar-refractivity contribution is -0.131. The predicted octanol–water partition coefficient (Wildman–Crippen LogP) is 6.00. The van der Waals surface area contributed by atoms with E-state index in [1.165, 1.54) is 0 Å². The van der Waals surface area contributed by atoms with Crippen molar-refractivity contribution in [2.45, 2.75) is 41.5 Å². The van der Waals surface area contributed by atoms with Gasteiger partial charge in [-0.3, -0.25) is 4.79 Å². The van der Waals surface area contributed by atoms with Crippen molar-refractivity contribution < 1.29 is 14.7 Å². The zero-order chi connectivity index (χ0) is 28.2. The van der Waals surface area contributed by atoms with E-state index in [1.54, 1.807) is 25.4 Å². The smallest absolute Gasteiger partial charge is 0.328 e. The van der Waals surface area contributed by atoms with Crippen LogP contribution in [0.4, 0.5) is 0 Å². The van der Waals surface area contributed by atoms with Gasteiger partial charge in [0.05, 0.1) is 6.54 Å². The van der Waals surface area contributed by atoms with Crippen molar-refractivity contribution in [2.24, 2.45) is 5.41 Å². The highest BCUT2D eigenvalue weighted by molar-refractivity contribution is 6.12. The fraction of sp³-hybridized carbons (Fsp3) is 0.367. The first-order chi connectivity index (χ1) is 17.5. The van der Waals surface area contributed by atoms with Crippen LogP contribution in [-0.2, 0) is 4.79 Å². The first-order valence-electron chi connectivity index (χ1n) is 12.3. The number of nitrogens with one attached hydrogen (secondary N) is 1. The summed E-state index contributed by atoms with van der Waals surface area (Å²) in [7, 11) is 3.90. The van der Waals surface area contributed by atoms with Crippen molar-refractivity contribution in [3.63, 3.8) is 0 Å². The Kier molecular flexibility index (Phi) is 12.5. The van der Waals surface area contributed by atoms with E-state index in [4.69, 9.17) is 5.11 Å². The number of carboxylic acids is 1. The van der Waals surface area contributed by atoms with Crippen LogP contribution >= 0.6 is 0 Å². The number of terminal acetylenes is 1. The van der Waals surface area contributed by atoms with E-state index in [-0.39, 0.29) is 17.7 Å². The molecule has 0 spiro atoms. The topological polar surface area (TPSA) is 89.5 Å². The van der Waals surface area contributed by atoms with Gasteiger partial charge >= 0.3 is 5.97 Å². The lowest BCUT2D eigenvalue weighted by Gasteiger charge is -2.33. The van der Waals surface area contributed by atoms with Gasteiger partial charge in [-0.15, -0.1) is 12.3 Å². The number of fused-ring (bicyclic) bond motifs is 1. The third kappa shape index (κ3) is 9.68. The van der Waals surface area contributed by atoms with Crippen molar-refractivity contribution in [3.8, 4) is 23.5 Å². The highest BCUT2D eigenvalue weighted by Crippen LogP contribution is 2.31. The van der Waals surface area contributed by atoms with Gasteiger partial charge in [-0.1, -0.05) is 52.8 Å².